The molecule has 0 radical (unpaired) electrons. The molecule has 0 aromatic carbocycles. The highest BCUT2D eigenvalue weighted by Crippen LogP contribution is 2.27. The topological polar surface area (TPSA) is 58.1 Å². The molecule has 1 aromatic heterocycles. The quantitative estimate of drug-likeness (QED) is 0.863. The van der Waals surface area contributed by atoms with E-state index >= 15 is 0 Å². The molecule has 1 aromatic rings. The van der Waals surface area contributed by atoms with Gasteiger partial charge >= 0.3 is 0 Å². The van der Waals surface area contributed by atoms with Crippen LogP contribution >= 0.6 is 0 Å². The van der Waals surface area contributed by atoms with Crippen LogP contribution in [0.25, 0.3) is 0 Å². The van der Waals surface area contributed by atoms with Crippen molar-refractivity contribution in [3.8, 4) is 0 Å². The van der Waals surface area contributed by atoms with Crippen molar-refractivity contribution in [1.82, 2.24) is 15.1 Å². The van der Waals surface area contributed by atoms with Crippen LogP contribution in [0.15, 0.2) is 12.1 Å². The molecule has 18 heavy (non-hydrogen) atoms. The van der Waals surface area contributed by atoms with Crippen LogP contribution in [0, 0.1) is 5.92 Å². The molecule has 0 spiro atoms. The van der Waals surface area contributed by atoms with Crippen LogP contribution in [-0.4, -0.2) is 41.1 Å². The van der Waals surface area contributed by atoms with Gasteiger partial charge in [0.05, 0.1) is 0 Å². The molecule has 1 amide bonds. The first-order valence-corrected chi connectivity index (χ1v) is 6.55. The summed E-state index contributed by atoms with van der Waals surface area (Å²) in [6, 6.07) is 3.50. The number of hydrogen-bond donors (Lipinski definition) is 1. The van der Waals surface area contributed by atoms with Crippen LogP contribution in [0.3, 0.4) is 0 Å². The van der Waals surface area contributed by atoms with E-state index in [1.54, 1.807) is 19.2 Å². The first-order chi connectivity index (χ1) is 8.74. The lowest BCUT2D eigenvalue weighted by Crippen LogP contribution is -2.37. The van der Waals surface area contributed by atoms with Crippen LogP contribution in [0.5, 0.6) is 0 Å². The van der Waals surface area contributed by atoms with E-state index < -0.39 is 0 Å². The summed E-state index contributed by atoms with van der Waals surface area (Å²) in [6.07, 6.45) is 3.79. The van der Waals surface area contributed by atoms with Crippen LogP contribution < -0.4 is 5.32 Å². The number of nitrogens with zero attached hydrogens (tertiary/aromatic N) is 3. The highest BCUT2D eigenvalue weighted by atomic mass is 16.2. The van der Waals surface area contributed by atoms with Crippen molar-refractivity contribution in [3.63, 3.8) is 0 Å². The first-order valence-electron chi connectivity index (χ1n) is 6.55. The Morgan fingerprint density at radius 1 is 1.44 bits per heavy atom. The van der Waals surface area contributed by atoms with Gasteiger partial charge < -0.3 is 10.2 Å². The van der Waals surface area contributed by atoms with E-state index in [1.165, 1.54) is 19.3 Å². The van der Waals surface area contributed by atoms with Crippen molar-refractivity contribution in [1.29, 1.82) is 0 Å². The van der Waals surface area contributed by atoms with Gasteiger partial charge in [0.1, 0.15) is 5.82 Å². The van der Waals surface area contributed by atoms with E-state index in [4.69, 9.17) is 0 Å². The van der Waals surface area contributed by atoms with Crippen molar-refractivity contribution in [2.45, 2.75) is 26.2 Å². The Balaban J connectivity index is 2.02. The molecular weight excluding hydrogens is 228 g/mol. The van der Waals surface area contributed by atoms with Crippen molar-refractivity contribution < 1.29 is 4.79 Å². The number of aromatic nitrogens is 2. The lowest BCUT2D eigenvalue weighted by atomic mass is 9.85. The fourth-order valence-corrected chi connectivity index (χ4v) is 2.08. The van der Waals surface area contributed by atoms with Gasteiger partial charge in [-0.3, -0.25) is 4.79 Å². The Morgan fingerprint density at radius 3 is 2.67 bits per heavy atom. The maximum absolute atomic E-state index is 12.3. The number of hydrogen-bond acceptors (Lipinski definition) is 4. The van der Waals surface area contributed by atoms with Crippen LogP contribution in [0.4, 0.5) is 5.82 Å². The summed E-state index contributed by atoms with van der Waals surface area (Å²) in [4.78, 5) is 14.1. The van der Waals surface area contributed by atoms with E-state index in [1.807, 2.05) is 11.8 Å². The van der Waals surface area contributed by atoms with Crippen LogP contribution in [0.1, 0.15) is 36.7 Å². The van der Waals surface area contributed by atoms with Gasteiger partial charge in [0.15, 0.2) is 5.69 Å². The summed E-state index contributed by atoms with van der Waals surface area (Å²) in [5.74, 6) is 1.34. The van der Waals surface area contributed by atoms with Crippen molar-refractivity contribution in [2.24, 2.45) is 5.92 Å². The second kappa shape index (κ2) is 5.80. The van der Waals surface area contributed by atoms with Gasteiger partial charge in [0, 0.05) is 20.1 Å². The van der Waals surface area contributed by atoms with Gasteiger partial charge in [0.2, 0.25) is 0 Å². The van der Waals surface area contributed by atoms with Crippen LogP contribution in [-0.2, 0) is 0 Å². The smallest absolute Gasteiger partial charge is 0.274 e. The first kappa shape index (κ1) is 12.8. The number of carbonyl (C=O) groups excluding carboxylic acids is 1. The van der Waals surface area contributed by atoms with Gasteiger partial charge in [-0.2, -0.15) is 0 Å². The molecule has 1 fully saturated rings. The molecule has 1 N–H and O–H groups in total. The maximum atomic E-state index is 12.3. The third-order valence-electron chi connectivity index (χ3n) is 3.51. The Hall–Kier alpha value is -1.65. The third kappa shape index (κ3) is 2.78. The standard InChI is InChI=1S/C13H20N4O/c1-3-17(9-10-5-4-6-10)13(18)11-7-8-12(14-2)16-15-11/h7-8,10H,3-6,9H2,1-2H3,(H,14,16). The van der Waals surface area contributed by atoms with Crippen molar-refractivity contribution in [2.75, 3.05) is 25.5 Å². The number of rotatable bonds is 5. The third-order valence-corrected chi connectivity index (χ3v) is 3.51. The molecule has 2 rings (SSSR count). The summed E-state index contributed by atoms with van der Waals surface area (Å²) >= 11 is 0. The second-order valence-corrected chi connectivity index (χ2v) is 4.69. The predicted octanol–water partition coefficient (Wildman–Crippen LogP) is 1.78. The molecule has 0 unspecified atom stereocenters. The maximum Gasteiger partial charge on any atom is 0.274 e. The summed E-state index contributed by atoms with van der Waals surface area (Å²) in [6.45, 7) is 3.58. The molecule has 0 bridgehead atoms. The SMILES string of the molecule is CCN(CC1CCC1)C(=O)c1ccc(NC)nn1. The minimum atomic E-state index is -0.0143. The molecule has 0 aliphatic heterocycles. The van der Waals surface area contributed by atoms with Gasteiger partial charge in [-0.25, -0.2) is 0 Å². The summed E-state index contributed by atoms with van der Waals surface area (Å²) < 4.78 is 0. The molecule has 5 nitrogen and oxygen atoms in total. The van der Waals surface area contributed by atoms with Gasteiger partial charge in [-0.15, -0.1) is 10.2 Å². The molecule has 0 atom stereocenters. The Bertz CT molecular complexity index is 400. The molecule has 1 aliphatic carbocycles. The lowest BCUT2D eigenvalue weighted by molar-refractivity contribution is 0.0699. The zero-order valence-electron chi connectivity index (χ0n) is 11.0. The molecule has 5 heteroatoms. The van der Waals surface area contributed by atoms with Gasteiger partial charge in [-0.05, 0) is 37.8 Å². The number of carbonyl (C=O) groups is 1. The number of nitrogens with one attached hydrogen (secondary N) is 1. The van der Waals surface area contributed by atoms with E-state index in [-0.39, 0.29) is 5.91 Å². The van der Waals surface area contributed by atoms with Crippen LogP contribution in [0.2, 0.25) is 0 Å². The predicted molar refractivity (Wildman–Crippen MR) is 70.5 cm³/mol. The highest BCUT2D eigenvalue weighted by Gasteiger charge is 2.24. The normalized spacial score (nSPS) is 15.0. The Labute approximate surface area is 108 Å². The lowest BCUT2D eigenvalue weighted by Gasteiger charge is -2.31. The Morgan fingerprint density at radius 2 is 2.22 bits per heavy atom. The summed E-state index contributed by atoms with van der Waals surface area (Å²) in [5, 5.41) is 10.8. The minimum absolute atomic E-state index is 0.0143. The summed E-state index contributed by atoms with van der Waals surface area (Å²) in [7, 11) is 1.78. The largest absolute Gasteiger partial charge is 0.372 e. The van der Waals surface area contributed by atoms with E-state index in [0.29, 0.717) is 17.4 Å². The van der Waals surface area contributed by atoms with Gasteiger partial charge in [-0.1, -0.05) is 6.42 Å². The van der Waals surface area contributed by atoms with Crippen molar-refractivity contribution in [3.05, 3.63) is 17.8 Å². The molecule has 98 valence electrons. The fraction of sp³-hybridized carbons (Fsp3) is 0.615. The highest BCUT2D eigenvalue weighted by molar-refractivity contribution is 5.92. The van der Waals surface area contributed by atoms with Gasteiger partial charge in [0.25, 0.3) is 5.91 Å². The Kier molecular flexibility index (Phi) is 4.12. The molecular formula is C13H20N4O. The molecule has 0 saturated heterocycles. The average molecular weight is 248 g/mol. The fourth-order valence-electron chi connectivity index (χ4n) is 2.08. The number of amides is 1. The minimum Gasteiger partial charge on any atom is -0.372 e. The summed E-state index contributed by atoms with van der Waals surface area (Å²) in [5.41, 5.74) is 0.426. The molecule has 1 saturated carbocycles. The van der Waals surface area contributed by atoms with Crippen molar-refractivity contribution >= 4 is 11.7 Å². The molecule has 1 aliphatic rings. The average Bonchev–Trinajstić information content (AvgIpc) is 2.37. The van der Waals surface area contributed by atoms with E-state index in [2.05, 4.69) is 15.5 Å². The second-order valence-electron chi connectivity index (χ2n) is 4.69. The monoisotopic (exact) mass is 248 g/mol. The molecule has 1 heterocycles. The zero-order valence-corrected chi connectivity index (χ0v) is 11.0. The van der Waals surface area contributed by atoms with E-state index in [9.17, 15) is 4.79 Å². The van der Waals surface area contributed by atoms with E-state index in [0.717, 1.165) is 13.1 Å². The zero-order chi connectivity index (χ0) is 13.0. The number of anilines is 1.